The summed E-state index contributed by atoms with van der Waals surface area (Å²) in [5.74, 6) is 5.84. The second-order valence-electron chi connectivity index (χ2n) is 2.20. The van der Waals surface area contributed by atoms with Gasteiger partial charge in [-0.05, 0) is 0 Å². The molecule has 0 fully saturated rings. The number of nitrogens with one attached hydrogen (secondary N) is 2. The quantitative estimate of drug-likeness (QED) is 0.439. The number of hydrogen-bond acceptors (Lipinski definition) is 5. The standard InChI is InChI=1S/C5H6N6O/c6-11-4-3(1-7-2-8-4)9-5(12)10-11/h1-2H,6H2,(H2,9,10,12). The molecule has 4 N–H and O–H groups in total. The largest absolute Gasteiger partial charge is 0.339 e. The first-order valence-corrected chi connectivity index (χ1v) is 3.20. The summed E-state index contributed by atoms with van der Waals surface area (Å²) >= 11 is 0. The molecule has 1 aromatic heterocycles. The molecule has 0 radical (unpaired) electrons. The normalized spacial score (nSPS) is 14.8. The Morgan fingerprint density at radius 2 is 2.42 bits per heavy atom. The third-order valence-corrected chi connectivity index (χ3v) is 1.39. The minimum Gasteiger partial charge on any atom is -0.302 e. The molecule has 1 aromatic rings. The van der Waals surface area contributed by atoms with Crippen LogP contribution in [-0.2, 0) is 0 Å². The van der Waals surface area contributed by atoms with Crippen molar-refractivity contribution in [1.29, 1.82) is 0 Å². The van der Waals surface area contributed by atoms with Gasteiger partial charge >= 0.3 is 6.03 Å². The lowest BCUT2D eigenvalue weighted by molar-refractivity contribution is 0.250. The molecule has 62 valence electrons. The van der Waals surface area contributed by atoms with E-state index >= 15 is 0 Å². The zero-order chi connectivity index (χ0) is 8.55. The number of carbonyl (C=O) groups is 1. The topological polar surface area (TPSA) is 96.2 Å². The molecular formula is C5H6N6O. The number of nitrogens with two attached hydrogens (primary N) is 1. The van der Waals surface area contributed by atoms with E-state index in [4.69, 9.17) is 5.84 Å². The maximum Gasteiger partial charge on any atom is 0.339 e. The Morgan fingerprint density at radius 1 is 1.58 bits per heavy atom. The minimum absolute atomic E-state index is 0.403. The van der Waals surface area contributed by atoms with E-state index < -0.39 is 6.03 Å². The summed E-state index contributed by atoms with van der Waals surface area (Å²) in [7, 11) is 0. The fraction of sp³-hybridized carbons (Fsp3) is 0. The Kier molecular flexibility index (Phi) is 1.31. The molecule has 0 aromatic carbocycles. The van der Waals surface area contributed by atoms with Gasteiger partial charge < -0.3 is 5.32 Å². The summed E-state index contributed by atoms with van der Waals surface area (Å²) in [5.41, 5.74) is 2.80. The van der Waals surface area contributed by atoms with E-state index in [2.05, 4.69) is 20.7 Å². The SMILES string of the molecule is NN1NC(=O)Nc2cncnc21. The molecule has 12 heavy (non-hydrogen) atoms. The van der Waals surface area contributed by atoms with Crippen LogP contribution in [-0.4, -0.2) is 16.0 Å². The molecular weight excluding hydrogens is 160 g/mol. The van der Waals surface area contributed by atoms with Gasteiger partial charge in [0.15, 0.2) is 5.82 Å². The fourth-order valence-electron chi connectivity index (χ4n) is 0.916. The maximum absolute atomic E-state index is 10.8. The van der Waals surface area contributed by atoms with Crippen LogP contribution in [0.4, 0.5) is 16.3 Å². The molecule has 0 bridgehead atoms. The van der Waals surface area contributed by atoms with Gasteiger partial charge in [-0.3, -0.25) is 0 Å². The zero-order valence-corrected chi connectivity index (χ0v) is 5.98. The van der Waals surface area contributed by atoms with Gasteiger partial charge in [0.1, 0.15) is 12.0 Å². The summed E-state index contributed by atoms with van der Waals surface area (Å²) in [6, 6.07) is -0.403. The summed E-state index contributed by atoms with van der Waals surface area (Å²) in [6.07, 6.45) is 2.82. The van der Waals surface area contributed by atoms with Crippen molar-refractivity contribution in [3.63, 3.8) is 0 Å². The maximum atomic E-state index is 10.8. The highest BCUT2D eigenvalue weighted by molar-refractivity contribution is 5.95. The van der Waals surface area contributed by atoms with Gasteiger partial charge in [0.25, 0.3) is 0 Å². The molecule has 0 saturated carbocycles. The summed E-state index contributed by atoms with van der Waals surface area (Å²) in [5, 5.41) is 3.53. The second-order valence-corrected chi connectivity index (χ2v) is 2.20. The lowest BCUT2D eigenvalue weighted by Crippen LogP contribution is -2.53. The minimum atomic E-state index is -0.403. The molecule has 7 heteroatoms. The van der Waals surface area contributed by atoms with Crippen LogP contribution < -0.4 is 21.7 Å². The number of amides is 2. The van der Waals surface area contributed by atoms with E-state index in [0.717, 1.165) is 5.12 Å². The van der Waals surface area contributed by atoms with Crippen LogP contribution in [0.15, 0.2) is 12.5 Å². The van der Waals surface area contributed by atoms with E-state index in [-0.39, 0.29) is 0 Å². The highest BCUT2D eigenvalue weighted by Crippen LogP contribution is 2.20. The van der Waals surface area contributed by atoms with Crippen LogP contribution in [0.3, 0.4) is 0 Å². The zero-order valence-electron chi connectivity index (χ0n) is 5.98. The predicted molar refractivity (Wildman–Crippen MR) is 40.9 cm³/mol. The smallest absolute Gasteiger partial charge is 0.302 e. The van der Waals surface area contributed by atoms with Gasteiger partial charge in [0.2, 0.25) is 0 Å². The molecule has 0 aliphatic carbocycles. The molecule has 0 saturated heterocycles. The molecule has 2 heterocycles. The Labute approximate surface area is 67.5 Å². The van der Waals surface area contributed by atoms with Gasteiger partial charge in [0, 0.05) is 0 Å². The third kappa shape index (κ3) is 0.920. The molecule has 1 aliphatic heterocycles. The van der Waals surface area contributed by atoms with Gasteiger partial charge in [-0.1, -0.05) is 0 Å². The van der Waals surface area contributed by atoms with E-state index in [0.29, 0.717) is 11.5 Å². The van der Waals surface area contributed by atoms with Crippen LogP contribution in [0.25, 0.3) is 0 Å². The van der Waals surface area contributed by atoms with Crippen molar-refractivity contribution in [2.75, 3.05) is 10.4 Å². The van der Waals surface area contributed by atoms with Crippen molar-refractivity contribution >= 4 is 17.5 Å². The third-order valence-electron chi connectivity index (χ3n) is 1.39. The highest BCUT2D eigenvalue weighted by atomic mass is 16.2. The number of anilines is 2. The second kappa shape index (κ2) is 2.31. The lowest BCUT2D eigenvalue weighted by Gasteiger charge is -2.25. The van der Waals surface area contributed by atoms with Crippen molar-refractivity contribution in [2.45, 2.75) is 0 Å². The first kappa shape index (κ1) is 6.80. The van der Waals surface area contributed by atoms with E-state index in [9.17, 15) is 4.79 Å². The van der Waals surface area contributed by atoms with Gasteiger partial charge in [0.05, 0.1) is 6.20 Å². The van der Waals surface area contributed by atoms with Crippen molar-refractivity contribution in [2.24, 2.45) is 5.84 Å². The number of hydrogen-bond donors (Lipinski definition) is 3. The Hall–Kier alpha value is -1.89. The predicted octanol–water partition coefficient (Wildman–Crippen LogP) is -0.793. The number of aromatic nitrogens is 2. The highest BCUT2D eigenvalue weighted by Gasteiger charge is 2.19. The first-order chi connectivity index (χ1) is 5.77. The monoisotopic (exact) mass is 166 g/mol. The molecule has 7 nitrogen and oxygen atoms in total. The number of fused-ring (bicyclic) bond motifs is 1. The summed E-state index contributed by atoms with van der Waals surface area (Å²) in [6.45, 7) is 0. The van der Waals surface area contributed by atoms with Gasteiger partial charge in [-0.2, -0.15) is 5.12 Å². The number of hydrazine groups is 2. The first-order valence-electron chi connectivity index (χ1n) is 3.20. The van der Waals surface area contributed by atoms with E-state index in [1.807, 2.05) is 0 Å². The van der Waals surface area contributed by atoms with Crippen LogP contribution in [0, 0.1) is 0 Å². The van der Waals surface area contributed by atoms with Crippen molar-refractivity contribution in [3.8, 4) is 0 Å². The van der Waals surface area contributed by atoms with Gasteiger partial charge in [-0.15, -0.1) is 0 Å². The number of rotatable bonds is 0. The number of urea groups is 1. The van der Waals surface area contributed by atoms with Crippen molar-refractivity contribution in [1.82, 2.24) is 15.4 Å². The molecule has 0 atom stereocenters. The molecule has 0 spiro atoms. The Balaban J connectivity index is 2.47. The molecule has 0 unspecified atom stereocenters. The van der Waals surface area contributed by atoms with Crippen molar-refractivity contribution in [3.05, 3.63) is 12.5 Å². The van der Waals surface area contributed by atoms with Gasteiger partial charge in [-0.25, -0.2) is 26.0 Å². The van der Waals surface area contributed by atoms with E-state index in [1.54, 1.807) is 0 Å². The Bertz CT molecular complexity index is 325. The van der Waals surface area contributed by atoms with Crippen LogP contribution in [0.1, 0.15) is 0 Å². The lowest BCUT2D eigenvalue weighted by atomic mass is 10.4. The average molecular weight is 166 g/mol. The molecule has 1 aliphatic rings. The van der Waals surface area contributed by atoms with Crippen LogP contribution in [0.5, 0.6) is 0 Å². The van der Waals surface area contributed by atoms with Crippen molar-refractivity contribution < 1.29 is 4.79 Å². The molecule has 2 rings (SSSR count). The summed E-state index contributed by atoms with van der Waals surface area (Å²) in [4.78, 5) is 18.4. The van der Waals surface area contributed by atoms with E-state index in [1.165, 1.54) is 12.5 Å². The van der Waals surface area contributed by atoms with Crippen LogP contribution in [0.2, 0.25) is 0 Å². The number of nitrogens with zero attached hydrogens (tertiary/aromatic N) is 3. The Morgan fingerprint density at radius 3 is 3.25 bits per heavy atom. The molecule has 2 amide bonds. The average Bonchev–Trinajstić information content (AvgIpc) is 2.04. The van der Waals surface area contributed by atoms with Crippen LogP contribution >= 0.6 is 0 Å². The summed E-state index contributed by atoms with van der Waals surface area (Å²) < 4.78 is 0. The number of carbonyl (C=O) groups excluding carboxylic acids is 1. The fourth-order valence-corrected chi connectivity index (χ4v) is 0.916.